The number of ether oxygens (including phenoxy) is 1. The average Bonchev–Trinajstić information content (AvgIpc) is 2.62. The zero-order valence-electron chi connectivity index (χ0n) is 13.9. The number of nitrogens with zero attached hydrogens (tertiary/aromatic N) is 2. The van der Waals surface area contributed by atoms with Crippen LogP contribution in [0.4, 0.5) is 17.3 Å². The molecule has 0 radical (unpaired) electrons. The molecule has 3 aromatic rings. The van der Waals surface area contributed by atoms with Gasteiger partial charge in [-0.25, -0.2) is 9.97 Å². The fourth-order valence-corrected chi connectivity index (χ4v) is 2.61. The second-order valence-electron chi connectivity index (χ2n) is 5.45. The molecule has 0 saturated carbocycles. The molecule has 0 unspecified atom stereocenters. The van der Waals surface area contributed by atoms with Gasteiger partial charge in [0.2, 0.25) is 0 Å². The Morgan fingerprint density at radius 1 is 1.00 bits per heavy atom. The van der Waals surface area contributed by atoms with Gasteiger partial charge in [-0.05, 0) is 36.2 Å². The first-order valence-corrected chi connectivity index (χ1v) is 8.32. The predicted molar refractivity (Wildman–Crippen MR) is 102 cm³/mol. The molecule has 0 aliphatic heterocycles. The fourth-order valence-electron chi connectivity index (χ4n) is 2.40. The van der Waals surface area contributed by atoms with E-state index < -0.39 is 0 Å². The first-order chi connectivity index (χ1) is 12.2. The highest BCUT2D eigenvalue weighted by molar-refractivity contribution is 6.30. The Hall–Kier alpha value is -2.79. The number of methoxy groups -OCH3 is 1. The van der Waals surface area contributed by atoms with E-state index in [-0.39, 0.29) is 0 Å². The van der Waals surface area contributed by atoms with Crippen LogP contribution < -0.4 is 15.4 Å². The lowest BCUT2D eigenvalue weighted by Crippen LogP contribution is -2.07. The molecule has 6 heteroatoms. The van der Waals surface area contributed by atoms with E-state index in [0.717, 1.165) is 35.2 Å². The van der Waals surface area contributed by atoms with Crippen LogP contribution in [0.25, 0.3) is 0 Å². The molecule has 0 atom stereocenters. The smallest absolute Gasteiger partial charge is 0.135 e. The molecule has 0 bridgehead atoms. The Labute approximate surface area is 152 Å². The maximum absolute atomic E-state index is 6.00. The van der Waals surface area contributed by atoms with Crippen LogP contribution in [0.3, 0.4) is 0 Å². The maximum Gasteiger partial charge on any atom is 0.135 e. The topological polar surface area (TPSA) is 59.1 Å². The summed E-state index contributed by atoms with van der Waals surface area (Å²) in [6.45, 7) is 0.760. The SMILES string of the molecule is COc1cccc(Nc2cc(NCCc3cccc(Cl)c3)ncn2)c1. The molecule has 3 rings (SSSR count). The van der Waals surface area contributed by atoms with Crippen LogP contribution in [0, 0.1) is 0 Å². The normalized spacial score (nSPS) is 10.3. The Kier molecular flexibility index (Phi) is 5.69. The van der Waals surface area contributed by atoms with Gasteiger partial charge in [0.05, 0.1) is 7.11 Å². The van der Waals surface area contributed by atoms with Gasteiger partial charge in [-0.15, -0.1) is 0 Å². The third-order valence-electron chi connectivity index (χ3n) is 3.62. The minimum atomic E-state index is 0.716. The van der Waals surface area contributed by atoms with E-state index in [2.05, 4.69) is 26.7 Å². The molecule has 2 aromatic carbocycles. The van der Waals surface area contributed by atoms with Gasteiger partial charge in [0.15, 0.2) is 0 Å². The highest BCUT2D eigenvalue weighted by Crippen LogP contribution is 2.21. The number of hydrogen-bond acceptors (Lipinski definition) is 5. The van der Waals surface area contributed by atoms with Crippen LogP contribution in [0.1, 0.15) is 5.56 Å². The van der Waals surface area contributed by atoms with Gasteiger partial charge in [-0.3, -0.25) is 0 Å². The number of aromatic nitrogens is 2. The summed E-state index contributed by atoms with van der Waals surface area (Å²) in [6.07, 6.45) is 2.40. The van der Waals surface area contributed by atoms with Crippen molar-refractivity contribution in [1.82, 2.24) is 9.97 Å². The lowest BCUT2D eigenvalue weighted by atomic mass is 10.1. The van der Waals surface area contributed by atoms with E-state index in [4.69, 9.17) is 16.3 Å². The van der Waals surface area contributed by atoms with Crippen molar-refractivity contribution in [3.05, 3.63) is 71.5 Å². The first-order valence-electron chi connectivity index (χ1n) is 7.94. The summed E-state index contributed by atoms with van der Waals surface area (Å²) in [5.74, 6) is 2.27. The van der Waals surface area contributed by atoms with Gasteiger partial charge in [-0.2, -0.15) is 0 Å². The van der Waals surface area contributed by atoms with E-state index in [9.17, 15) is 0 Å². The molecule has 1 aromatic heterocycles. The van der Waals surface area contributed by atoms with Gasteiger partial charge in [0, 0.05) is 29.4 Å². The van der Waals surface area contributed by atoms with Crippen LogP contribution in [-0.4, -0.2) is 23.6 Å². The largest absolute Gasteiger partial charge is 0.497 e. The summed E-state index contributed by atoms with van der Waals surface area (Å²) in [7, 11) is 1.64. The highest BCUT2D eigenvalue weighted by Gasteiger charge is 2.01. The number of hydrogen-bond donors (Lipinski definition) is 2. The Morgan fingerprint density at radius 2 is 1.84 bits per heavy atom. The van der Waals surface area contributed by atoms with Gasteiger partial charge in [0.1, 0.15) is 23.7 Å². The van der Waals surface area contributed by atoms with E-state index in [0.29, 0.717) is 5.82 Å². The molecule has 1 heterocycles. The van der Waals surface area contributed by atoms with Crippen molar-refractivity contribution in [2.45, 2.75) is 6.42 Å². The van der Waals surface area contributed by atoms with E-state index in [1.54, 1.807) is 7.11 Å². The van der Waals surface area contributed by atoms with Gasteiger partial charge >= 0.3 is 0 Å². The standard InChI is InChI=1S/C19H19ClN4O/c1-25-17-7-3-6-16(11-17)24-19-12-18(22-13-23-19)21-9-8-14-4-2-5-15(20)10-14/h2-7,10-13H,8-9H2,1H3,(H2,21,22,23,24). The van der Waals surface area contributed by atoms with E-state index >= 15 is 0 Å². The quantitative estimate of drug-likeness (QED) is 0.652. The van der Waals surface area contributed by atoms with Crippen molar-refractivity contribution in [1.29, 1.82) is 0 Å². The van der Waals surface area contributed by atoms with E-state index in [1.165, 1.54) is 11.9 Å². The molecule has 0 fully saturated rings. The highest BCUT2D eigenvalue weighted by atomic mass is 35.5. The van der Waals surface area contributed by atoms with Crippen molar-refractivity contribution < 1.29 is 4.74 Å². The molecule has 0 spiro atoms. The van der Waals surface area contributed by atoms with Crippen molar-refractivity contribution in [3.8, 4) is 5.75 Å². The van der Waals surface area contributed by atoms with Crippen LogP contribution in [0.2, 0.25) is 5.02 Å². The predicted octanol–water partition coefficient (Wildman–Crippen LogP) is 4.54. The maximum atomic E-state index is 6.00. The Balaban J connectivity index is 1.59. The van der Waals surface area contributed by atoms with Crippen molar-refractivity contribution >= 4 is 28.9 Å². The van der Waals surface area contributed by atoms with Gasteiger partial charge < -0.3 is 15.4 Å². The molecule has 0 saturated heterocycles. The van der Waals surface area contributed by atoms with Crippen LogP contribution in [0.15, 0.2) is 60.9 Å². The van der Waals surface area contributed by atoms with Crippen LogP contribution in [0.5, 0.6) is 5.75 Å². The van der Waals surface area contributed by atoms with Crippen LogP contribution >= 0.6 is 11.6 Å². The van der Waals surface area contributed by atoms with Gasteiger partial charge in [-0.1, -0.05) is 29.8 Å². The summed E-state index contributed by atoms with van der Waals surface area (Å²) < 4.78 is 5.23. The molecular weight excluding hydrogens is 336 g/mol. The summed E-state index contributed by atoms with van der Waals surface area (Å²) in [6, 6.07) is 17.4. The number of rotatable bonds is 7. The monoisotopic (exact) mass is 354 g/mol. The summed E-state index contributed by atoms with van der Waals surface area (Å²) in [5, 5.41) is 7.30. The van der Waals surface area contributed by atoms with Crippen molar-refractivity contribution in [3.63, 3.8) is 0 Å². The molecule has 128 valence electrons. The third kappa shape index (κ3) is 5.09. The van der Waals surface area contributed by atoms with Crippen molar-refractivity contribution in [2.24, 2.45) is 0 Å². The lowest BCUT2D eigenvalue weighted by molar-refractivity contribution is 0.415. The second kappa shape index (κ2) is 8.35. The van der Waals surface area contributed by atoms with Crippen molar-refractivity contribution in [2.75, 3.05) is 24.3 Å². The Morgan fingerprint density at radius 3 is 2.68 bits per heavy atom. The summed E-state index contributed by atoms with van der Waals surface area (Å²) in [5.41, 5.74) is 2.09. The van der Waals surface area contributed by atoms with Gasteiger partial charge in [0.25, 0.3) is 0 Å². The fraction of sp³-hybridized carbons (Fsp3) is 0.158. The number of halogens is 1. The minimum Gasteiger partial charge on any atom is -0.497 e. The molecule has 0 aliphatic rings. The molecule has 0 aliphatic carbocycles. The summed E-state index contributed by atoms with van der Waals surface area (Å²) in [4.78, 5) is 8.50. The zero-order valence-corrected chi connectivity index (χ0v) is 14.6. The minimum absolute atomic E-state index is 0.716. The molecule has 25 heavy (non-hydrogen) atoms. The molecule has 2 N–H and O–H groups in total. The second-order valence-corrected chi connectivity index (χ2v) is 5.89. The van der Waals surface area contributed by atoms with E-state index in [1.807, 2.05) is 48.5 Å². The third-order valence-corrected chi connectivity index (χ3v) is 3.85. The number of benzene rings is 2. The molecule has 5 nitrogen and oxygen atoms in total. The first kappa shape index (κ1) is 17.0. The molecule has 0 amide bonds. The van der Waals surface area contributed by atoms with Crippen LogP contribution in [-0.2, 0) is 6.42 Å². The Bertz CT molecular complexity index is 841. The summed E-state index contributed by atoms with van der Waals surface area (Å²) >= 11 is 6.00. The number of nitrogens with one attached hydrogen (secondary N) is 2. The number of anilines is 3. The zero-order chi connectivity index (χ0) is 17.5. The lowest BCUT2D eigenvalue weighted by Gasteiger charge is -2.09. The average molecular weight is 355 g/mol. The molecular formula is C19H19ClN4O.